The first kappa shape index (κ1) is 10.5. The summed E-state index contributed by atoms with van der Waals surface area (Å²) in [5.41, 5.74) is 0. The van der Waals surface area contributed by atoms with E-state index >= 15 is 0 Å². The molecule has 1 unspecified atom stereocenters. The van der Waals surface area contributed by atoms with E-state index in [2.05, 4.69) is 11.9 Å². The predicted molar refractivity (Wildman–Crippen MR) is 61.4 cm³/mol. The maximum Gasteiger partial charge on any atom is -0.00190 e. The van der Waals surface area contributed by atoms with Gasteiger partial charge in [-0.1, -0.05) is 32.1 Å². The van der Waals surface area contributed by atoms with E-state index in [0.717, 1.165) is 11.8 Å². The van der Waals surface area contributed by atoms with Crippen molar-refractivity contribution in [1.29, 1.82) is 0 Å². The van der Waals surface area contributed by atoms with Crippen molar-refractivity contribution in [3.63, 3.8) is 0 Å². The van der Waals surface area contributed by atoms with Crippen molar-refractivity contribution in [2.45, 2.75) is 51.4 Å². The molecule has 82 valence electrons. The van der Waals surface area contributed by atoms with Crippen molar-refractivity contribution < 1.29 is 0 Å². The smallest absolute Gasteiger partial charge is 0.00190 e. The van der Waals surface area contributed by atoms with Crippen LogP contribution in [0, 0.1) is 11.8 Å². The fourth-order valence-electron chi connectivity index (χ4n) is 3.34. The molecular weight excluding hydrogens is 170 g/mol. The Morgan fingerprint density at radius 3 is 2.14 bits per heavy atom. The summed E-state index contributed by atoms with van der Waals surface area (Å²) < 4.78 is 0. The second-order valence-electron chi connectivity index (χ2n) is 5.39. The molecule has 1 aliphatic heterocycles. The molecule has 1 aliphatic carbocycles. The predicted octanol–water partition coefficient (Wildman–Crippen LogP) is 3.30. The highest BCUT2D eigenvalue weighted by atomic mass is 15.1. The maximum atomic E-state index is 2.52. The summed E-state index contributed by atoms with van der Waals surface area (Å²) in [7, 11) is 2.28. The molecule has 0 aromatic rings. The van der Waals surface area contributed by atoms with E-state index in [1.54, 1.807) is 0 Å². The second-order valence-corrected chi connectivity index (χ2v) is 5.39. The zero-order valence-electron chi connectivity index (χ0n) is 9.67. The Morgan fingerprint density at radius 1 is 0.714 bits per heavy atom. The van der Waals surface area contributed by atoms with Crippen molar-refractivity contribution in [3.8, 4) is 0 Å². The van der Waals surface area contributed by atoms with Gasteiger partial charge in [-0.05, 0) is 51.2 Å². The minimum absolute atomic E-state index is 1.07. The van der Waals surface area contributed by atoms with Gasteiger partial charge in [0.05, 0.1) is 0 Å². The van der Waals surface area contributed by atoms with Crippen LogP contribution in [0.1, 0.15) is 51.4 Å². The normalized spacial score (nSPS) is 32.8. The van der Waals surface area contributed by atoms with Gasteiger partial charge in [-0.3, -0.25) is 0 Å². The molecule has 1 saturated heterocycles. The van der Waals surface area contributed by atoms with Gasteiger partial charge < -0.3 is 4.90 Å². The van der Waals surface area contributed by atoms with Crippen LogP contribution in [0.25, 0.3) is 0 Å². The maximum absolute atomic E-state index is 2.52. The molecule has 2 aliphatic rings. The van der Waals surface area contributed by atoms with E-state index < -0.39 is 0 Å². The summed E-state index contributed by atoms with van der Waals surface area (Å²) in [6, 6.07) is 0. The van der Waals surface area contributed by atoms with Gasteiger partial charge in [-0.25, -0.2) is 0 Å². The summed E-state index contributed by atoms with van der Waals surface area (Å²) in [5.74, 6) is 2.16. The quantitative estimate of drug-likeness (QED) is 0.620. The Kier molecular flexibility index (Phi) is 3.86. The van der Waals surface area contributed by atoms with E-state index in [4.69, 9.17) is 0 Å². The van der Waals surface area contributed by atoms with Gasteiger partial charge in [0.2, 0.25) is 0 Å². The highest BCUT2D eigenvalue weighted by Crippen LogP contribution is 2.35. The van der Waals surface area contributed by atoms with Crippen LogP contribution in [0.2, 0.25) is 0 Å². The fraction of sp³-hybridized carbons (Fsp3) is 1.00. The first-order valence-corrected chi connectivity index (χ1v) is 6.55. The van der Waals surface area contributed by atoms with Gasteiger partial charge >= 0.3 is 0 Å². The minimum atomic E-state index is 1.07. The molecule has 1 saturated carbocycles. The van der Waals surface area contributed by atoms with Crippen LogP contribution in [-0.4, -0.2) is 25.0 Å². The summed E-state index contributed by atoms with van der Waals surface area (Å²) in [6.07, 6.45) is 12.0. The third-order valence-electron chi connectivity index (χ3n) is 4.31. The minimum Gasteiger partial charge on any atom is -0.306 e. The Bertz CT molecular complexity index is 161. The molecule has 1 heteroatoms. The average molecular weight is 195 g/mol. The zero-order valence-corrected chi connectivity index (χ0v) is 9.67. The molecule has 0 aromatic heterocycles. The molecule has 2 fully saturated rings. The Balaban J connectivity index is 1.83. The zero-order chi connectivity index (χ0) is 9.80. The molecule has 0 spiro atoms. The van der Waals surface area contributed by atoms with Crippen LogP contribution in [0.3, 0.4) is 0 Å². The van der Waals surface area contributed by atoms with Gasteiger partial charge in [0, 0.05) is 0 Å². The van der Waals surface area contributed by atoms with Crippen LogP contribution >= 0.6 is 0 Å². The standard InChI is InChI=1S/C13H25N/c1-14-10-5-8-13(9-11-14)12-6-3-2-4-7-12/h12-13H,2-11H2,1H3. The van der Waals surface area contributed by atoms with Gasteiger partial charge in [0.1, 0.15) is 0 Å². The fourth-order valence-corrected chi connectivity index (χ4v) is 3.34. The third-order valence-corrected chi connectivity index (χ3v) is 4.31. The lowest BCUT2D eigenvalue weighted by Gasteiger charge is -2.29. The molecule has 1 atom stereocenters. The summed E-state index contributed by atoms with van der Waals surface area (Å²) in [6.45, 7) is 2.68. The highest BCUT2D eigenvalue weighted by molar-refractivity contribution is 4.77. The largest absolute Gasteiger partial charge is 0.306 e. The van der Waals surface area contributed by atoms with E-state index in [1.165, 1.54) is 64.5 Å². The van der Waals surface area contributed by atoms with Gasteiger partial charge in [0.25, 0.3) is 0 Å². The van der Waals surface area contributed by atoms with Crippen molar-refractivity contribution in [2.75, 3.05) is 20.1 Å². The van der Waals surface area contributed by atoms with E-state index in [-0.39, 0.29) is 0 Å². The number of rotatable bonds is 1. The molecule has 0 aromatic carbocycles. The van der Waals surface area contributed by atoms with Crippen LogP contribution in [0.4, 0.5) is 0 Å². The lowest BCUT2D eigenvalue weighted by atomic mass is 9.77. The van der Waals surface area contributed by atoms with E-state index in [9.17, 15) is 0 Å². The van der Waals surface area contributed by atoms with Crippen molar-refractivity contribution in [2.24, 2.45) is 11.8 Å². The monoisotopic (exact) mass is 195 g/mol. The van der Waals surface area contributed by atoms with Crippen molar-refractivity contribution >= 4 is 0 Å². The Morgan fingerprint density at radius 2 is 1.36 bits per heavy atom. The number of nitrogens with zero attached hydrogens (tertiary/aromatic N) is 1. The average Bonchev–Trinajstić information content (AvgIpc) is 2.44. The topological polar surface area (TPSA) is 3.24 Å². The Hall–Kier alpha value is -0.0400. The molecule has 2 rings (SSSR count). The molecule has 0 bridgehead atoms. The summed E-state index contributed by atoms with van der Waals surface area (Å²) in [5, 5.41) is 0. The van der Waals surface area contributed by atoms with Crippen LogP contribution in [-0.2, 0) is 0 Å². The van der Waals surface area contributed by atoms with Crippen LogP contribution in [0.5, 0.6) is 0 Å². The van der Waals surface area contributed by atoms with Gasteiger partial charge in [-0.2, -0.15) is 0 Å². The number of hydrogen-bond donors (Lipinski definition) is 0. The van der Waals surface area contributed by atoms with Crippen LogP contribution in [0.15, 0.2) is 0 Å². The van der Waals surface area contributed by atoms with Crippen molar-refractivity contribution in [1.82, 2.24) is 4.90 Å². The number of likely N-dealkylation sites (tertiary alicyclic amines) is 1. The SMILES string of the molecule is CN1CCCC(C2CCCCC2)CC1. The first-order chi connectivity index (χ1) is 6.86. The molecule has 1 nitrogen and oxygen atoms in total. The lowest BCUT2D eigenvalue weighted by molar-refractivity contribution is 0.225. The molecular formula is C13H25N. The molecule has 0 N–H and O–H groups in total. The lowest BCUT2D eigenvalue weighted by Crippen LogP contribution is -2.21. The Labute approximate surface area is 88.9 Å². The number of hydrogen-bond acceptors (Lipinski definition) is 1. The van der Waals surface area contributed by atoms with Crippen LogP contribution < -0.4 is 0 Å². The molecule has 0 radical (unpaired) electrons. The van der Waals surface area contributed by atoms with Crippen molar-refractivity contribution in [3.05, 3.63) is 0 Å². The second kappa shape index (κ2) is 5.16. The highest BCUT2D eigenvalue weighted by Gasteiger charge is 2.24. The molecule has 1 heterocycles. The summed E-state index contributed by atoms with van der Waals surface area (Å²) >= 11 is 0. The van der Waals surface area contributed by atoms with E-state index in [0.29, 0.717) is 0 Å². The molecule has 14 heavy (non-hydrogen) atoms. The van der Waals surface area contributed by atoms with Gasteiger partial charge in [0.15, 0.2) is 0 Å². The van der Waals surface area contributed by atoms with Gasteiger partial charge in [-0.15, -0.1) is 0 Å². The van der Waals surface area contributed by atoms with E-state index in [1.807, 2.05) is 0 Å². The third kappa shape index (κ3) is 2.73. The first-order valence-electron chi connectivity index (χ1n) is 6.55. The summed E-state index contributed by atoms with van der Waals surface area (Å²) in [4.78, 5) is 2.52. The molecule has 0 amide bonds.